The second kappa shape index (κ2) is 11.9. The largest absolute Gasteiger partial charge is 0.490 e. The van der Waals surface area contributed by atoms with Crippen molar-refractivity contribution in [3.05, 3.63) is 42.5 Å². The lowest BCUT2D eigenvalue weighted by atomic mass is 9.89. The summed E-state index contributed by atoms with van der Waals surface area (Å²) in [5, 5.41) is 0. The van der Waals surface area contributed by atoms with Gasteiger partial charge in [-0.2, -0.15) is 0 Å². The number of nitrogens with zero attached hydrogens (tertiary/aromatic N) is 1. The number of unbranched alkanes of at least 4 members (excludes halogenated alkanes) is 1. The van der Waals surface area contributed by atoms with E-state index in [1.165, 1.54) is 18.9 Å². The van der Waals surface area contributed by atoms with E-state index in [0.29, 0.717) is 22.9 Å². The van der Waals surface area contributed by atoms with Crippen molar-refractivity contribution in [1.29, 1.82) is 0 Å². The predicted molar refractivity (Wildman–Crippen MR) is 144 cm³/mol. The summed E-state index contributed by atoms with van der Waals surface area (Å²) in [6, 6.07) is 12.6. The molecule has 0 aromatic heterocycles. The van der Waals surface area contributed by atoms with Crippen molar-refractivity contribution in [3.8, 4) is 5.75 Å². The zero-order valence-corrected chi connectivity index (χ0v) is 22.5. The van der Waals surface area contributed by atoms with Crippen molar-refractivity contribution in [1.82, 2.24) is 4.72 Å². The Morgan fingerprint density at radius 3 is 2.60 bits per heavy atom. The average molecular weight is 524 g/mol. The Morgan fingerprint density at radius 2 is 2.00 bits per heavy atom. The second-order valence-corrected chi connectivity index (χ2v) is 11.3. The van der Waals surface area contributed by atoms with Gasteiger partial charge >= 0.3 is 5.97 Å². The Hall–Kier alpha value is -1.95. The monoisotopic (exact) mass is 523 g/mol. The molecule has 3 rings (SSSR count). The molecule has 2 aromatic rings. The van der Waals surface area contributed by atoms with Gasteiger partial charge in [-0.05, 0) is 37.3 Å². The molecule has 1 aliphatic rings. The van der Waals surface area contributed by atoms with Crippen molar-refractivity contribution in [2.75, 3.05) is 31.4 Å². The van der Waals surface area contributed by atoms with Crippen LogP contribution >= 0.6 is 22.5 Å². The Bertz CT molecular complexity index is 1010. The SMILES string of the molecule is CCCCC1(CC)CN(c2ccccc2)c2cc(SC)c(OCC(N)C(=O)OC)cc2S(O)(O)N1. The van der Waals surface area contributed by atoms with E-state index in [4.69, 9.17) is 10.5 Å². The minimum atomic E-state index is -3.38. The van der Waals surface area contributed by atoms with E-state index in [2.05, 4.69) is 28.2 Å². The van der Waals surface area contributed by atoms with Crippen molar-refractivity contribution in [2.24, 2.45) is 5.73 Å². The maximum Gasteiger partial charge on any atom is 0.326 e. The number of anilines is 2. The third kappa shape index (κ3) is 6.25. The summed E-state index contributed by atoms with van der Waals surface area (Å²) >= 11 is 1.47. The van der Waals surface area contributed by atoms with Crippen LogP contribution in [0, 0.1) is 0 Å². The van der Waals surface area contributed by atoms with Gasteiger partial charge in [0.2, 0.25) is 0 Å². The Morgan fingerprint density at radius 1 is 1.29 bits per heavy atom. The van der Waals surface area contributed by atoms with Gasteiger partial charge in [0.1, 0.15) is 23.3 Å². The fraction of sp³-hybridized carbons (Fsp3) is 0.480. The minimum absolute atomic E-state index is 0.0938. The standard InChI is InChI=1S/C25H37N3O5S2/c1-5-7-13-25(6-2)17-28(18-11-9-8-10-12-18)20-14-22(34-4)21(15-23(20)35(30,31)27-25)33-16-19(26)24(29)32-3/h8-12,14-15,19,27,30-31H,5-7,13,16-17,26H2,1-4H3. The van der Waals surface area contributed by atoms with Crippen LogP contribution in [0.5, 0.6) is 5.75 Å². The van der Waals surface area contributed by atoms with Crippen LogP contribution in [0.2, 0.25) is 0 Å². The molecular formula is C25H37N3O5S2. The molecule has 2 unspecified atom stereocenters. The molecule has 5 N–H and O–H groups in total. The number of esters is 1. The molecule has 0 aliphatic carbocycles. The lowest BCUT2D eigenvalue weighted by molar-refractivity contribution is -0.142. The van der Waals surface area contributed by atoms with Crippen molar-refractivity contribution in [3.63, 3.8) is 0 Å². The summed E-state index contributed by atoms with van der Waals surface area (Å²) in [5.41, 5.74) is 7.04. The molecule has 0 saturated carbocycles. The van der Waals surface area contributed by atoms with E-state index in [-0.39, 0.29) is 6.61 Å². The van der Waals surface area contributed by atoms with Gasteiger partial charge in [0.25, 0.3) is 0 Å². The van der Waals surface area contributed by atoms with Crippen LogP contribution in [0.4, 0.5) is 11.4 Å². The van der Waals surface area contributed by atoms with Gasteiger partial charge in [0.15, 0.2) is 0 Å². The lowest BCUT2D eigenvalue weighted by Crippen LogP contribution is -2.51. The van der Waals surface area contributed by atoms with Gasteiger partial charge in [-0.1, -0.05) is 44.9 Å². The normalized spacial score (nSPS) is 20.9. The first-order chi connectivity index (χ1) is 16.7. The summed E-state index contributed by atoms with van der Waals surface area (Å²) in [6.07, 6.45) is 5.43. The second-order valence-electron chi connectivity index (χ2n) is 8.72. The lowest BCUT2D eigenvalue weighted by Gasteiger charge is -2.42. The molecule has 8 nitrogen and oxygen atoms in total. The number of para-hydroxylation sites is 1. The van der Waals surface area contributed by atoms with Crippen molar-refractivity contribution >= 4 is 39.9 Å². The van der Waals surface area contributed by atoms with Crippen LogP contribution in [0.15, 0.2) is 52.3 Å². The molecule has 0 fully saturated rings. The number of nitrogens with two attached hydrogens (primary N) is 1. The molecule has 35 heavy (non-hydrogen) atoms. The van der Waals surface area contributed by atoms with Crippen LogP contribution in [0.1, 0.15) is 39.5 Å². The Kier molecular flexibility index (Phi) is 9.36. The molecule has 2 aromatic carbocycles. The van der Waals surface area contributed by atoms with Gasteiger partial charge in [0.05, 0.1) is 23.2 Å². The highest BCUT2D eigenvalue weighted by Gasteiger charge is 2.41. The van der Waals surface area contributed by atoms with Gasteiger partial charge in [0, 0.05) is 18.3 Å². The first-order valence-corrected chi connectivity index (χ1v) is 14.6. The van der Waals surface area contributed by atoms with E-state index in [1.54, 1.807) is 6.07 Å². The number of rotatable bonds is 10. The summed E-state index contributed by atoms with van der Waals surface area (Å²) < 4.78 is 36.8. The van der Waals surface area contributed by atoms with E-state index in [1.807, 2.05) is 42.7 Å². The number of hydrogen-bond donors (Lipinski definition) is 4. The molecule has 0 saturated heterocycles. The number of thioether (sulfide) groups is 1. The number of benzene rings is 2. The number of nitrogens with one attached hydrogen (secondary N) is 1. The average Bonchev–Trinajstić information content (AvgIpc) is 2.97. The molecular weight excluding hydrogens is 486 g/mol. The number of hydrogen-bond acceptors (Lipinski definition) is 9. The summed E-state index contributed by atoms with van der Waals surface area (Å²) in [4.78, 5) is 15.0. The molecule has 1 aliphatic heterocycles. The van der Waals surface area contributed by atoms with E-state index in [0.717, 1.165) is 36.3 Å². The molecule has 0 radical (unpaired) electrons. The summed E-state index contributed by atoms with van der Waals surface area (Å²) in [6.45, 7) is 4.70. The smallest absolute Gasteiger partial charge is 0.326 e. The van der Waals surface area contributed by atoms with Gasteiger partial charge in [-0.15, -0.1) is 22.5 Å². The molecule has 194 valence electrons. The molecule has 0 amide bonds. The van der Waals surface area contributed by atoms with Crippen LogP contribution < -0.4 is 20.1 Å². The molecule has 2 atom stereocenters. The molecule has 1 heterocycles. The van der Waals surface area contributed by atoms with Crippen molar-refractivity contribution < 1.29 is 23.4 Å². The third-order valence-electron chi connectivity index (χ3n) is 6.34. The highest BCUT2D eigenvalue weighted by molar-refractivity contribution is 8.22. The number of carbonyl (C=O) groups excluding carboxylic acids is 1. The quantitative estimate of drug-likeness (QED) is 0.240. The maximum absolute atomic E-state index is 11.7. The third-order valence-corrected chi connectivity index (χ3v) is 8.75. The van der Waals surface area contributed by atoms with Gasteiger partial charge in [-0.3, -0.25) is 13.9 Å². The summed E-state index contributed by atoms with van der Waals surface area (Å²) in [5.74, 6) is -0.140. The maximum atomic E-state index is 11.7. The highest BCUT2D eigenvalue weighted by Crippen LogP contribution is 2.57. The van der Waals surface area contributed by atoms with Gasteiger partial charge < -0.3 is 20.1 Å². The first-order valence-electron chi connectivity index (χ1n) is 11.8. The molecule has 10 heteroatoms. The number of carbonyl (C=O) groups is 1. The zero-order chi connectivity index (χ0) is 25.6. The predicted octanol–water partition coefficient (Wildman–Crippen LogP) is 5.39. The highest BCUT2D eigenvalue weighted by atomic mass is 32.3. The van der Waals surface area contributed by atoms with Gasteiger partial charge in [-0.25, -0.2) is 4.72 Å². The van der Waals surface area contributed by atoms with Crippen LogP contribution in [0.3, 0.4) is 0 Å². The zero-order valence-electron chi connectivity index (χ0n) is 20.8. The van der Waals surface area contributed by atoms with Crippen LogP contribution in [0.25, 0.3) is 0 Å². The first kappa shape index (κ1) is 27.6. The molecule has 0 bridgehead atoms. The molecule has 0 spiro atoms. The number of methoxy groups -OCH3 is 1. The van der Waals surface area contributed by atoms with Crippen molar-refractivity contribution in [2.45, 2.75) is 60.9 Å². The Balaban J connectivity index is 2.13. The van der Waals surface area contributed by atoms with Crippen LogP contribution in [-0.4, -0.2) is 53.2 Å². The number of fused-ring (bicyclic) bond motifs is 1. The summed E-state index contributed by atoms with van der Waals surface area (Å²) in [7, 11) is -2.11. The topological polar surface area (TPSA) is 117 Å². The number of ether oxygens (including phenoxy) is 2. The fourth-order valence-electron chi connectivity index (χ4n) is 4.26. The van der Waals surface area contributed by atoms with E-state index < -0.39 is 28.3 Å². The minimum Gasteiger partial charge on any atom is -0.490 e. The van der Waals surface area contributed by atoms with E-state index >= 15 is 0 Å². The Labute approximate surface area is 214 Å². The fourth-order valence-corrected chi connectivity index (χ4v) is 6.57. The van der Waals surface area contributed by atoms with Crippen LogP contribution in [-0.2, 0) is 9.53 Å². The van der Waals surface area contributed by atoms with E-state index in [9.17, 15) is 13.9 Å².